The molecule has 2 saturated heterocycles. The highest BCUT2D eigenvalue weighted by atomic mass is 35.5. The molecule has 2 aliphatic heterocycles. The lowest BCUT2D eigenvalue weighted by molar-refractivity contribution is -0.126. The van der Waals surface area contributed by atoms with Gasteiger partial charge >= 0.3 is 0 Å². The lowest BCUT2D eigenvalue weighted by Crippen LogP contribution is -2.41. The zero-order valence-corrected chi connectivity index (χ0v) is 13.3. The van der Waals surface area contributed by atoms with Gasteiger partial charge in [0.1, 0.15) is 0 Å². The van der Waals surface area contributed by atoms with E-state index in [4.69, 9.17) is 0 Å². The summed E-state index contributed by atoms with van der Waals surface area (Å²) in [6.07, 6.45) is 4.45. The maximum Gasteiger partial charge on any atom is 0.223 e. The number of halogens is 2. The summed E-state index contributed by atoms with van der Waals surface area (Å²) in [7, 11) is 2.17. The van der Waals surface area contributed by atoms with E-state index in [0.29, 0.717) is 5.92 Å². The van der Waals surface area contributed by atoms with E-state index in [2.05, 4.69) is 22.6 Å². The molecule has 0 aromatic rings. The van der Waals surface area contributed by atoms with Crippen LogP contribution in [-0.2, 0) is 4.79 Å². The Hall–Kier alpha value is -0.0300. The number of nitrogens with zero attached hydrogens (tertiary/aromatic N) is 1. The summed E-state index contributed by atoms with van der Waals surface area (Å²) in [6, 6.07) is 0. The average Bonchev–Trinajstić information content (AvgIpc) is 2.39. The van der Waals surface area contributed by atoms with E-state index in [0.717, 1.165) is 32.5 Å². The number of hydrogen-bond donors (Lipinski definition) is 2. The van der Waals surface area contributed by atoms with Gasteiger partial charge in [-0.1, -0.05) is 0 Å². The Labute approximate surface area is 128 Å². The van der Waals surface area contributed by atoms with Gasteiger partial charge in [0.25, 0.3) is 0 Å². The summed E-state index contributed by atoms with van der Waals surface area (Å²) in [4.78, 5) is 14.3. The van der Waals surface area contributed by atoms with Crippen LogP contribution >= 0.6 is 24.8 Å². The van der Waals surface area contributed by atoms with Crippen molar-refractivity contribution in [2.75, 3.05) is 39.8 Å². The summed E-state index contributed by atoms with van der Waals surface area (Å²) < 4.78 is 0. The first kappa shape index (κ1) is 19.0. The average molecular weight is 312 g/mol. The van der Waals surface area contributed by atoms with Crippen LogP contribution in [0.25, 0.3) is 0 Å². The fourth-order valence-electron chi connectivity index (χ4n) is 2.74. The number of piperidine rings is 2. The molecule has 0 unspecified atom stereocenters. The highest BCUT2D eigenvalue weighted by molar-refractivity contribution is 5.85. The molecule has 4 nitrogen and oxygen atoms in total. The number of likely N-dealkylation sites (tertiary alicyclic amines) is 1. The van der Waals surface area contributed by atoms with Gasteiger partial charge in [0, 0.05) is 12.5 Å². The van der Waals surface area contributed by atoms with E-state index in [1.807, 2.05) is 0 Å². The molecule has 0 atom stereocenters. The normalized spacial score (nSPS) is 22.2. The molecule has 0 spiro atoms. The Morgan fingerprint density at radius 1 is 1.16 bits per heavy atom. The maximum absolute atomic E-state index is 12.0. The molecule has 2 fully saturated rings. The van der Waals surface area contributed by atoms with Crippen LogP contribution in [0, 0.1) is 11.8 Å². The largest absolute Gasteiger partial charge is 0.356 e. The van der Waals surface area contributed by atoms with Gasteiger partial charge in [-0.25, -0.2) is 0 Å². The van der Waals surface area contributed by atoms with Crippen molar-refractivity contribution in [2.24, 2.45) is 11.8 Å². The predicted octanol–water partition coefficient (Wildman–Crippen LogP) is 1.29. The predicted molar refractivity (Wildman–Crippen MR) is 83.3 cm³/mol. The first-order valence-electron chi connectivity index (χ1n) is 6.92. The van der Waals surface area contributed by atoms with Crippen molar-refractivity contribution in [3.8, 4) is 0 Å². The van der Waals surface area contributed by atoms with Crippen molar-refractivity contribution >= 4 is 30.7 Å². The first-order valence-corrected chi connectivity index (χ1v) is 6.92. The highest BCUT2D eigenvalue weighted by Gasteiger charge is 2.22. The Morgan fingerprint density at radius 2 is 1.74 bits per heavy atom. The summed E-state index contributed by atoms with van der Waals surface area (Å²) >= 11 is 0. The third-order valence-electron chi connectivity index (χ3n) is 4.11. The van der Waals surface area contributed by atoms with Gasteiger partial charge in [-0.15, -0.1) is 24.8 Å². The quantitative estimate of drug-likeness (QED) is 0.825. The molecule has 0 saturated carbocycles. The number of rotatable bonds is 3. The second-order valence-electron chi connectivity index (χ2n) is 5.52. The maximum atomic E-state index is 12.0. The smallest absolute Gasteiger partial charge is 0.223 e. The molecular formula is C13H27Cl2N3O. The number of hydrogen-bond acceptors (Lipinski definition) is 3. The first-order chi connectivity index (χ1) is 8.25. The summed E-state index contributed by atoms with van der Waals surface area (Å²) in [6.45, 7) is 5.22. The van der Waals surface area contributed by atoms with E-state index < -0.39 is 0 Å². The zero-order chi connectivity index (χ0) is 12.1. The third-order valence-corrected chi connectivity index (χ3v) is 4.11. The van der Waals surface area contributed by atoms with Crippen LogP contribution < -0.4 is 10.6 Å². The van der Waals surface area contributed by atoms with Crippen molar-refractivity contribution in [1.29, 1.82) is 0 Å². The molecule has 1 amide bonds. The minimum Gasteiger partial charge on any atom is -0.356 e. The van der Waals surface area contributed by atoms with Gasteiger partial charge in [-0.05, 0) is 64.8 Å². The second kappa shape index (κ2) is 9.81. The minimum absolute atomic E-state index is 0. The molecule has 0 radical (unpaired) electrons. The van der Waals surface area contributed by atoms with E-state index in [1.165, 1.54) is 25.9 Å². The van der Waals surface area contributed by atoms with E-state index in [9.17, 15) is 4.79 Å². The van der Waals surface area contributed by atoms with Gasteiger partial charge in [0.15, 0.2) is 0 Å². The fourth-order valence-corrected chi connectivity index (χ4v) is 2.74. The summed E-state index contributed by atoms with van der Waals surface area (Å²) in [5, 5.41) is 6.45. The topological polar surface area (TPSA) is 44.4 Å². The number of carbonyl (C=O) groups excluding carboxylic acids is 1. The molecule has 0 bridgehead atoms. The van der Waals surface area contributed by atoms with Crippen molar-refractivity contribution < 1.29 is 4.79 Å². The summed E-state index contributed by atoms with van der Waals surface area (Å²) in [5.41, 5.74) is 0. The Morgan fingerprint density at radius 3 is 2.32 bits per heavy atom. The molecule has 2 heterocycles. The van der Waals surface area contributed by atoms with Gasteiger partial charge in [0.2, 0.25) is 5.91 Å². The van der Waals surface area contributed by atoms with Crippen LogP contribution in [0.3, 0.4) is 0 Å². The summed E-state index contributed by atoms with van der Waals surface area (Å²) in [5.74, 6) is 1.23. The standard InChI is InChI=1S/C13H25N3O.2ClH/c1-16-8-4-11(5-9-16)10-15-13(17)12-2-6-14-7-3-12;;/h11-12,14H,2-10H2,1H3,(H,15,17);2*1H. The van der Waals surface area contributed by atoms with Crippen molar-refractivity contribution in [1.82, 2.24) is 15.5 Å². The molecule has 0 aromatic carbocycles. The fraction of sp³-hybridized carbons (Fsp3) is 0.923. The van der Waals surface area contributed by atoms with Crippen molar-refractivity contribution in [3.05, 3.63) is 0 Å². The second-order valence-corrected chi connectivity index (χ2v) is 5.52. The molecule has 6 heteroatoms. The van der Waals surface area contributed by atoms with Crippen LogP contribution in [0.1, 0.15) is 25.7 Å². The van der Waals surface area contributed by atoms with E-state index in [-0.39, 0.29) is 36.6 Å². The van der Waals surface area contributed by atoms with Crippen molar-refractivity contribution in [3.63, 3.8) is 0 Å². The molecule has 2 rings (SSSR count). The van der Waals surface area contributed by atoms with Gasteiger partial charge in [0.05, 0.1) is 0 Å². The lowest BCUT2D eigenvalue weighted by atomic mass is 9.95. The lowest BCUT2D eigenvalue weighted by Gasteiger charge is -2.29. The highest BCUT2D eigenvalue weighted by Crippen LogP contribution is 2.16. The number of nitrogens with one attached hydrogen (secondary N) is 2. The zero-order valence-electron chi connectivity index (χ0n) is 11.7. The third kappa shape index (κ3) is 6.30. The van der Waals surface area contributed by atoms with Crippen LogP contribution in [0.5, 0.6) is 0 Å². The number of carbonyl (C=O) groups is 1. The van der Waals surface area contributed by atoms with Crippen LogP contribution in [0.4, 0.5) is 0 Å². The van der Waals surface area contributed by atoms with Gasteiger partial charge in [-0.3, -0.25) is 4.79 Å². The molecule has 114 valence electrons. The van der Waals surface area contributed by atoms with Crippen LogP contribution in [0.2, 0.25) is 0 Å². The van der Waals surface area contributed by atoms with E-state index in [1.54, 1.807) is 0 Å². The van der Waals surface area contributed by atoms with Crippen molar-refractivity contribution in [2.45, 2.75) is 25.7 Å². The molecule has 19 heavy (non-hydrogen) atoms. The molecule has 0 aliphatic carbocycles. The van der Waals surface area contributed by atoms with Gasteiger partial charge < -0.3 is 15.5 Å². The van der Waals surface area contributed by atoms with Gasteiger partial charge in [-0.2, -0.15) is 0 Å². The Kier molecular flexibility index (Phi) is 9.79. The monoisotopic (exact) mass is 311 g/mol. The molecule has 2 aliphatic rings. The Balaban J connectivity index is 0.00000162. The van der Waals surface area contributed by atoms with Crippen LogP contribution in [-0.4, -0.2) is 50.6 Å². The van der Waals surface area contributed by atoms with E-state index >= 15 is 0 Å². The molecular weight excluding hydrogens is 285 g/mol. The Bertz CT molecular complexity index is 252. The van der Waals surface area contributed by atoms with Crippen LogP contribution in [0.15, 0.2) is 0 Å². The molecule has 0 aromatic heterocycles. The SMILES string of the molecule is CN1CCC(CNC(=O)C2CCNCC2)CC1.Cl.Cl. The number of amides is 1. The molecule has 2 N–H and O–H groups in total. The minimum atomic E-state index is 0.